The van der Waals surface area contributed by atoms with Crippen molar-refractivity contribution in [1.29, 1.82) is 0 Å². The molecule has 0 aromatic carbocycles. The third kappa shape index (κ3) is 3.26. The van der Waals surface area contributed by atoms with Crippen molar-refractivity contribution in [3.8, 4) is 0 Å². The first-order valence-corrected chi connectivity index (χ1v) is 5.48. The molecule has 0 amide bonds. The molecule has 1 aliphatic heterocycles. The molecule has 3 unspecified atom stereocenters. The smallest absolute Gasteiger partial charge is 0.142 e. The van der Waals surface area contributed by atoms with E-state index in [4.69, 9.17) is 9.47 Å². The van der Waals surface area contributed by atoms with E-state index in [-0.39, 0.29) is 17.9 Å². The van der Waals surface area contributed by atoms with Gasteiger partial charge in [-0.25, -0.2) is 0 Å². The summed E-state index contributed by atoms with van der Waals surface area (Å²) in [6, 6.07) is 0.183. The maximum atomic E-state index is 12.0. The Morgan fingerprint density at radius 1 is 1.60 bits per heavy atom. The minimum Gasteiger partial charge on any atom is -0.385 e. The minimum atomic E-state index is 0.0156. The third-order valence-electron chi connectivity index (χ3n) is 3.06. The molecule has 0 spiro atoms. The van der Waals surface area contributed by atoms with Crippen LogP contribution in [0, 0.1) is 11.8 Å². The second-order valence-corrected chi connectivity index (χ2v) is 4.12. The summed E-state index contributed by atoms with van der Waals surface area (Å²) < 4.78 is 10.3. The van der Waals surface area contributed by atoms with Crippen molar-refractivity contribution >= 4 is 5.78 Å². The molecule has 3 atom stereocenters. The van der Waals surface area contributed by atoms with Gasteiger partial charge in [-0.3, -0.25) is 4.79 Å². The Morgan fingerprint density at radius 2 is 2.33 bits per heavy atom. The van der Waals surface area contributed by atoms with Crippen LogP contribution in [-0.2, 0) is 14.3 Å². The highest BCUT2D eigenvalue weighted by Gasteiger charge is 2.34. The van der Waals surface area contributed by atoms with Crippen LogP contribution in [-0.4, -0.2) is 45.8 Å². The number of nitrogens with one attached hydrogen (secondary N) is 1. The van der Waals surface area contributed by atoms with E-state index in [9.17, 15) is 4.79 Å². The number of rotatable bonds is 6. The number of hydrogen-bond donors (Lipinski definition) is 1. The molecule has 1 aliphatic rings. The summed E-state index contributed by atoms with van der Waals surface area (Å²) in [7, 11) is 3.53. The van der Waals surface area contributed by atoms with Crippen molar-refractivity contribution in [3.05, 3.63) is 0 Å². The van der Waals surface area contributed by atoms with Gasteiger partial charge in [0.2, 0.25) is 0 Å². The van der Waals surface area contributed by atoms with Gasteiger partial charge in [0.05, 0.1) is 19.1 Å². The SMILES string of the molecule is CNC1COCC1C(=O)C(C)CCOC. The van der Waals surface area contributed by atoms with E-state index < -0.39 is 0 Å². The molecular formula is C11H21NO3. The number of Topliss-reactive ketones (excluding diaryl/α,β-unsaturated/α-hetero) is 1. The molecule has 0 bridgehead atoms. The molecule has 0 radical (unpaired) electrons. The highest BCUT2D eigenvalue weighted by atomic mass is 16.5. The van der Waals surface area contributed by atoms with Crippen molar-refractivity contribution in [3.63, 3.8) is 0 Å². The molecule has 0 aliphatic carbocycles. The van der Waals surface area contributed by atoms with Gasteiger partial charge in [-0.1, -0.05) is 6.92 Å². The first-order valence-electron chi connectivity index (χ1n) is 5.48. The second kappa shape index (κ2) is 6.20. The van der Waals surface area contributed by atoms with Crippen molar-refractivity contribution in [2.24, 2.45) is 11.8 Å². The number of ketones is 1. The summed E-state index contributed by atoms with van der Waals surface area (Å²) in [6.07, 6.45) is 0.794. The maximum absolute atomic E-state index is 12.0. The molecule has 1 N–H and O–H groups in total. The van der Waals surface area contributed by atoms with Crippen LogP contribution in [0.3, 0.4) is 0 Å². The lowest BCUT2D eigenvalue weighted by atomic mass is 9.89. The molecule has 4 nitrogen and oxygen atoms in total. The van der Waals surface area contributed by atoms with Crippen molar-refractivity contribution in [2.75, 3.05) is 34.0 Å². The van der Waals surface area contributed by atoms with Crippen LogP contribution in [0.5, 0.6) is 0 Å². The fourth-order valence-corrected chi connectivity index (χ4v) is 1.92. The van der Waals surface area contributed by atoms with E-state index in [1.807, 2.05) is 14.0 Å². The molecule has 0 aromatic heterocycles. The van der Waals surface area contributed by atoms with Crippen LogP contribution in [0.1, 0.15) is 13.3 Å². The van der Waals surface area contributed by atoms with Crippen LogP contribution >= 0.6 is 0 Å². The standard InChI is InChI=1S/C11H21NO3/c1-8(4-5-14-3)11(13)9-6-15-7-10(9)12-2/h8-10,12H,4-7H2,1-3H3. The molecule has 15 heavy (non-hydrogen) atoms. The van der Waals surface area contributed by atoms with E-state index in [0.29, 0.717) is 25.6 Å². The maximum Gasteiger partial charge on any atom is 0.142 e. The number of likely N-dealkylation sites (N-methyl/N-ethyl adjacent to an activating group) is 1. The number of methoxy groups -OCH3 is 1. The molecule has 1 fully saturated rings. The number of carbonyl (C=O) groups excluding carboxylic acids is 1. The van der Waals surface area contributed by atoms with Crippen LogP contribution in [0.2, 0.25) is 0 Å². The average molecular weight is 215 g/mol. The minimum absolute atomic E-state index is 0.0156. The third-order valence-corrected chi connectivity index (χ3v) is 3.06. The predicted molar refractivity (Wildman–Crippen MR) is 57.8 cm³/mol. The Morgan fingerprint density at radius 3 is 2.93 bits per heavy atom. The zero-order valence-corrected chi connectivity index (χ0v) is 9.79. The van der Waals surface area contributed by atoms with Gasteiger partial charge < -0.3 is 14.8 Å². The predicted octanol–water partition coefficient (Wildman–Crippen LogP) is 0.462. The molecule has 4 heteroatoms. The van der Waals surface area contributed by atoms with Crippen molar-refractivity contribution in [2.45, 2.75) is 19.4 Å². The van der Waals surface area contributed by atoms with Crippen LogP contribution in [0.25, 0.3) is 0 Å². The van der Waals surface area contributed by atoms with E-state index in [1.165, 1.54) is 0 Å². The largest absolute Gasteiger partial charge is 0.385 e. The lowest BCUT2D eigenvalue weighted by molar-refractivity contribution is -0.127. The van der Waals surface area contributed by atoms with E-state index in [0.717, 1.165) is 6.42 Å². The fraction of sp³-hybridized carbons (Fsp3) is 0.909. The normalized spacial score (nSPS) is 27.9. The highest BCUT2D eigenvalue weighted by Crippen LogP contribution is 2.20. The summed E-state index contributed by atoms with van der Waals surface area (Å²) in [5.74, 6) is 0.373. The number of ether oxygens (including phenoxy) is 2. The molecule has 0 saturated carbocycles. The van der Waals surface area contributed by atoms with E-state index in [2.05, 4.69) is 5.32 Å². The highest BCUT2D eigenvalue weighted by molar-refractivity contribution is 5.84. The fourth-order valence-electron chi connectivity index (χ4n) is 1.92. The molecule has 1 saturated heterocycles. The van der Waals surface area contributed by atoms with Gasteiger partial charge in [0, 0.05) is 25.7 Å². The summed E-state index contributed by atoms with van der Waals surface area (Å²) in [5, 5.41) is 3.13. The van der Waals surface area contributed by atoms with Crippen LogP contribution in [0.4, 0.5) is 0 Å². The Hall–Kier alpha value is -0.450. The zero-order chi connectivity index (χ0) is 11.3. The monoisotopic (exact) mass is 215 g/mol. The Kier molecular flexibility index (Phi) is 5.22. The summed E-state index contributed by atoms with van der Waals surface area (Å²) in [6.45, 7) is 3.81. The summed E-state index contributed by atoms with van der Waals surface area (Å²) in [5.41, 5.74) is 0. The topological polar surface area (TPSA) is 47.6 Å². The first-order chi connectivity index (χ1) is 7.20. The van der Waals surface area contributed by atoms with Gasteiger partial charge in [0.15, 0.2) is 0 Å². The molecule has 88 valence electrons. The number of hydrogen-bond acceptors (Lipinski definition) is 4. The Labute approximate surface area is 91.3 Å². The van der Waals surface area contributed by atoms with Gasteiger partial charge >= 0.3 is 0 Å². The summed E-state index contributed by atoms with van der Waals surface area (Å²) >= 11 is 0. The van der Waals surface area contributed by atoms with Gasteiger partial charge in [-0.15, -0.1) is 0 Å². The van der Waals surface area contributed by atoms with Gasteiger partial charge in [-0.05, 0) is 13.5 Å². The van der Waals surface area contributed by atoms with Crippen molar-refractivity contribution in [1.82, 2.24) is 5.32 Å². The van der Waals surface area contributed by atoms with E-state index in [1.54, 1.807) is 7.11 Å². The van der Waals surface area contributed by atoms with Crippen LogP contribution in [0.15, 0.2) is 0 Å². The van der Waals surface area contributed by atoms with Gasteiger partial charge in [-0.2, -0.15) is 0 Å². The first kappa shape index (κ1) is 12.6. The van der Waals surface area contributed by atoms with Gasteiger partial charge in [0.25, 0.3) is 0 Å². The molecule has 1 heterocycles. The van der Waals surface area contributed by atoms with Crippen LogP contribution < -0.4 is 5.32 Å². The quantitative estimate of drug-likeness (QED) is 0.699. The summed E-state index contributed by atoms with van der Waals surface area (Å²) in [4.78, 5) is 12.0. The Bertz CT molecular complexity index is 208. The molecule has 0 aromatic rings. The number of carbonyl (C=O) groups is 1. The second-order valence-electron chi connectivity index (χ2n) is 4.12. The van der Waals surface area contributed by atoms with Gasteiger partial charge in [0.1, 0.15) is 5.78 Å². The zero-order valence-electron chi connectivity index (χ0n) is 9.79. The average Bonchev–Trinajstić information content (AvgIpc) is 2.72. The van der Waals surface area contributed by atoms with Crippen molar-refractivity contribution < 1.29 is 14.3 Å². The Balaban J connectivity index is 2.44. The molecular weight excluding hydrogens is 194 g/mol. The lowest BCUT2D eigenvalue weighted by Gasteiger charge is -2.19. The lowest BCUT2D eigenvalue weighted by Crippen LogP contribution is -2.39. The van der Waals surface area contributed by atoms with E-state index >= 15 is 0 Å². The molecule has 1 rings (SSSR count).